The van der Waals surface area contributed by atoms with Gasteiger partial charge in [0.05, 0.1) is 42.7 Å². The molecule has 0 saturated carbocycles. The molecule has 0 radical (unpaired) electrons. The van der Waals surface area contributed by atoms with E-state index >= 15 is 0 Å². The molecule has 0 aliphatic carbocycles. The molecule has 1 aliphatic rings. The van der Waals surface area contributed by atoms with Gasteiger partial charge in [-0.05, 0) is 49.1 Å². The van der Waals surface area contributed by atoms with Crippen molar-refractivity contribution < 1.29 is 19.7 Å². The molecule has 1 saturated heterocycles. The number of pyridine rings is 3. The van der Waals surface area contributed by atoms with Crippen LogP contribution in [0.2, 0.25) is 0 Å². The number of methoxy groups -OCH3 is 2. The number of aromatic nitrogens is 4. The summed E-state index contributed by atoms with van der Waals surface area (Å²) in [5, 5.41) is 20.8. The summed E-state index contributed by atoms with van der Waals surface area (Å²) in [4.78, 5) is 15.9. The first-order valence-electron chi connectivity index (χ1n) is 11.2. The molecule has 0 unspecified atom stereocenters. The molecule has 5 rings (SSSR count). The largest absolute Gasteiger partial charge is 0.494 e. The van der Waals surface area contributed by atoms with Crippen molar-refractivity contribution in [2.45, 2.75) is 12.8 Å². The van der Waals surface area contributed by atoms with Gasteiger partial charge in [-0.25, -0.2) is 15.0 Å². The van der Waals surface area contributed by atoms with Gasteiger partial charge in [-0.3, -0.25) is 4.57 Å². The summed E-state index contributed by atoms with van der Waals surface area (Å²) in [6.07, 6.45) is 7.16. The van der Waals surface area contributed by atoms with Crippen molar-refractivity contribution in [3.05, 3.63) is 48.9 Å². The Morgan fingerprint density at radius 2 is 1.85 bits per heavy atom. The highest BCUT2D eigenvalue weighted by Gasteiger charge is 2.20. The third kappa shape index (κ3) is 3.99. The summed E-state index contributed by atoms with van der Waals surface area (Å²) in [5.74, 6) is 2.32. The molecule has 5 heterocycles. The molecule has 9 heteroatoms. The van der Waals surface area contributed by atoms with E-state index in [1.165, 1.54) is 0 Å². The summed E-state index contributed by atoms with van der Waals surface area (Å²) >= 11 is 0. The van der Waals surface area contributed by atoms with Crippen molar-refractivity contribution in [3.63, 3.8) is 0 Å². The normalized spacial score (nSPS) is 14.5. The van der Waals surface area contributed by atoms with Crippen molar-refractivity contribution in [1.29, 1.82) is 0 Å². The average Bonchev–Trinajstić information content (AvgIpc) is 3.24. The third-order valence-corrected chi connectivity index (χ3v) is 6.38. The number of anilines is 1. The summed E-state index contributed by atoms with van der Waals surface area (Å²) in [6.45, 7) is 2.01. The van der Waals surface area contributed by atoms with E-state index in [2.05, 4.69) is 14.9 Å². The van der Waals surface area contributed by atoms with Crippen LogP contribution < -0.4 is 14.4 Å². The van der Waals surface area contributed by atoms with Gasteiger partial charge in [-0.1, -0.05) is 0 Å². The SMILES string of the molecule is COc1cc(-c2ccc3c(O)n(-c4ccc(N5CCC(CO)CC5)nc4)cc3n2)cnc1OC. The van der Waals surface area contributed by atoms with Crippen molar-refractivity contribution in [1.82, 2.24) is 19.5 Å². The second-order valence-corrected chi connectivity index (χ2v) is 8.38. The van der Waals surface area contributed by atoms with Gasteiger partial charge in [0, 0.05) is 37.7 Å². The lowest BCUT2D eigenvalue weighted by atomic mass is 9.98. The Labute approximate surface area is 197 Å². The minimum absolute atomic E-state index is 0.109. The molecule has 1 aliphatic heterocycles. The van der Waals surface area contributed by atoms with Crippen LogP contribution in [0.1, 0.15) is 12.8 Å². The van der Waals surface area contributed by atoms with E-state index in [1.54, 1.807) is 37.4 Å². The molecule has 4 aromatic rings. The molecule has 9 nitrogen and oxygen atoms in total. The van der Waals surface area contributed by atoms with Crippen LogP contribution in [0.5, 0.6) is 17.5 Å². The van der Waals surface area contributed by atoms with Gasteiger partial charge in [0.25, 0.3) is 5.88 Å². The predicted octanol–water partition coefficient (Wildman–Crippen LogP) is 3.41. The van der Waals surface area contributed by atoms with Gasteiger partial charge in [0.15, 0.2) is 5.75 Å². The highest BCUT2D eigenvalue weighted by atomic mass is 16.5. The van der Waals surface area contributed by atoms with Crippen LogP contribution in [-0.2, 0) is 0 Å². The molecule has 0 bridgehead atoms. The van der Waals surface area contributed by atoms with Gasteiger partial charge in [0.1, 0.15) is 5.82 Å². The first-order chi connectivity index (χ1) is 16.6. The first kappa shape index (κ1) is 22.0. The average molecular weight is 462 g/mol. The van der Waals surface area contributed by atoms with Crippen LogP contribution in [0.25, 0.3) is 27.8 Å². The smallest absolute Gasteiger partial charge is 0.256 e. The zero-order valence-corrected chi connectivity index (χ0v) is 19.2. The van der Waals surface area contributed by atoms with Crippen molar-refractivity contribution in [2.75, 3.05) is 38.8 Å². The van der Waals surface area contributed by atoms with Crippen LogP contribution >= 0.6 is 0 Å². The van der Waals surface area contributed by atoms with Gasteiger partial charge in [-0.15, -0.1) is 0 Å². The molecule has 2 N–H and O–H groups in total. The minimum atomic E-state index is 0.109. The van der Waals surface area contributed by atoms with E-state index in [0.717, 1.165) is 43.0 Å². The maximum Gasteiger partial charge on any atom is 0.256 e. The van der Waals surface area contributed by atoms with Crippen LogP contribution in [-0.4, -0.2) is 63.6 Å². The monoisotopic (exact) mass is 461 g/mol. The van der Waals surface area contributed by atoms with Crippen LogP contribution in [0, 0.1) is 5.92 Å². The number of ether oxygens (including phenoxy) is 2. The second kappa shape index (κ2) is 9.18. The number of aromatic hydroxyl groups is 1. The van der Waals surface area contributed by atoms with E-state index < -0.39 is 0 Å². The predicted molar refractivity (Wildman–Crippen MR) is 129 cm³/mol. The standard InChI is InChI=1S/C25H27N5O4/c1-33-22-11-17(12-27-24(22)34-2)20-5-4-19-21(28-20)14-30(25(19)32)18-3-6-23(26-13-18)29-9-7-16(15-31)8-10-29/h3-6,11-14,16,31-32H,7-10,15H2,1-2H3. The lowest BCUT2D eigenvalue weighted by Crippen LogP contribution is -2.35. The third-order valence-electron chi connectivity index (χ3n) is 6.38. The van der Waals surface area contributed by atoms with Gasteiger partial charge in [-0.2, -0.15) is 0 Å². The fraction of sp³-hybridized carbons (Fsp3) is 0.320. The number of hydrogen-bond donors (Lipinski definition) is 2. The van der Waals surface area contributed by atoms with Crippen molar-refractivity contribution in [2.24, 2.45) is 5.92 Å². The Kier molecular flexibility index (Phi) is 5.93. The van der Waals surface area contributed by atoms with E-state index in [4.69, 9.17) is 14.5 Å². The lowest BCUT2D eigenvalue weighted by Gasteiger charge is -2.32. The Hall–Kier alpha value is -3.85. The summed E-state index contributed by atoms with van der Waals surface area (Å²) in [6, 6.07) is 9.41. The number of piperidine rings is 1. The fourth-order valence-electron chi connectivity index (χ4n) is 4.36. The molecule has 176 valence electrons. The molecule has 1 fully saturated rings. The number of nitrogens with zero attached hydrogens (tertiary/aromatic N) is 5. The topological polar surface area (TPSA) is 106 Å². The number of aliphatic hydroxyl groups excluding tert-OH is 1. The highest BCUT2D eigenvalue weighted by molar-refractivity contribution is 5.87. The first-order valence-corrected chi connectivity index (χ1v) is 11.2. The summed E-state index contributed by atoms with van der Waals surface area (Å²) < 4.78 is 12.2. The Bertz CT molecular complexity index is 1300. The summed E-state index contributed by atoms with van der Waals surface area (Å²) in [7, 11) is 3.11. The van der Waals surface area contributed by atoms with E-state index in [1.807, 2.05) is 30.3 Å². The molecular formula is C25H27N5O4. The van der Waals surface area contributed by atoms with E-state index in [0.29, 0.717) is 34.1 Å². The molecular weight excluding hydrogens is 434 g/mol. The number of rotatable bonds is 6. The molecule has 0 amide bonds. The number of aliphatic hydroxyl groups is 1. The molecule has 4 aromatic heterocycles. The van der Waals surface area contributed by atoms with E-state index in [-0.39, 0.29) is 12.5 Å². The molecule has 34 heavy (non-hydrogen) atoms. The Balaban J connectivity index is 1.42. The van der Waals surface area contributed by atoms with Crippen molar-refractivity contribution >= 4 is 16.7 Å². The Morgan fingerprint density at radius 1 is 1.03 bits per heavy atom. The van der Waals surface area contributed by atoms with Crippen molar-refractivity contribution in [3.8, 4) is 34.5 Å². The second-order valence-electron chi connectivity index (χ2n) is 8.38. The maximum atomic E-state index is 10.8. The Morgan fingerprint density at radius 3 is 2.53 bits per heavy atom. The van der Waals surface area contributed by atoms with Crippen LogP contribution in [0.4, 0.5) is 5.82 Å². The maximum absolute atomic E-state index is 10.8. The quantitative estimate of drug-likeness (QED) is 0.450. The summed E-state index contributed by atoms with van der Waals surface area (Å²) in [5.41, 5.74) is 2.89. The number of hydrogen-bond acceptors (Lipinski definition) is 8. The van der Waals surface area contributed by atoms with Gasteiger partial charge < -0.3 is 24.6 Å². The molecule has 0 aromatic carbocycles. The fourth-order valence-corrected chi connectivity index (χ4v) is 4.36. The highest BCUT2D eigenvalue weighted by Crippen LogP contribution is 2.33. The van der Waals surface area contributed by atoms with Gasteiger partial charge in [0.2, 0.25) is 5.88 Å². The van der Waals surface area contributed by atoms with Gasteiger partial charge >= 0.3 is 0 Å². The zero-order valence-electron chi connectivity index (χ0n) is 19.2. The molecule has 0 spiro atoms. The lowest BCUT2D eigenvalue weighted by molar-refractivity contribution is 0.203. The minimum Gasteiger partial charge on any atom is -0.494 e. The zero-order chi connectivity index (χ0) is 23.7. The molecule has 0 atom stereocenters. The number of fused-ring (bicyclic) bond motifs is 1. The van der Waals surface area contributed by atoms with Crippen LogP contribution in [0.3, 0.4) is 0 Å². The van der Waals surface area contributed by atoms with E-state index in [9.17, 15) is 10.2 Å². The van der Waals surface area contributed by atoms with Crippen LogP contribution in [0.15, 0.2) is 48.9 Å².